The molecular weight excluding hydrogens is 705 g/mol. The highest BCUT2D eigenvalue weighted by molar-refractivity contribution is 9.10. The molecule has 5 aromatic rings. The number of imidazole rings is 1. The lowest BCUT2D eigenvalue weighted by atomic mass is 10.1. The first-order valence-corrected chi connectivity index (χ1v) is 17.5. The molecule has 0 unspecified atom stereocenters. The SMILES string of the molecule is CCCc1ncc(/C=C(\Cc2cccs2)C(=O)NCC)n1Cc1ccc2oc(-c3ccccc3NS(=O)(=O)C(F)(F)F)c(Br)c2c1. The van der Waals surface area contributed by atoms with E-state index in [0.717, 1.165) is 34.8 Å². The van der Waals surface area contributed by atoms with Crippen LogP contribution >= 0.6 is 27.3 Å². The number of para-hydroxylation sites is 1. The van der Waals surface area contributed by atoms with Gasteiger partial charge in [0.25, 0.3) is 0 Å². The van der Waals surface area contributed by atoms with Crippen LogP contribution in [0.1, 0.15) is 42.2 Å². The van der Waals surface area contributed by atoms with E-state index in [-0.39, 0.29) is 22.9 Å². The van der Waals surface area contributed by atoms with Crippen LogP contribution in [0.15, 0.2) is 80.6 Å². The van der Waals surface area contributed by atoms with Crippen LogP contribution in [0.4, 0.5) is 18.9 Å². The highest BCUT2D eigenvalue weighted by Gasteiger charge is 2.46. The number of halogens is 4. The summed E-state index contributed by atoms with van der Waals surface area (Å²) in [4.78, 5) is 18.7. The maximum atomic E-state index is 13.1. The monoisotopic (exact) mass is 734 g/mol. The normalized spacial score (nSPS) is 12.5. The Bertz CT molecular complexity index is 2000. The molecule has 14 heteroatoms. The molecule has 0 atom stereocenters. The van der Waals surface area contributed by atoms with Crippen molar-refractivity contribution in [3.05, 3.63) is 98.2 Å². The van der Waals surface area contributed by atoms with Crippen LogP contribution in [-0.4, -0.2) is 35.9 Å². The van der Waals surface area contributed by atoms with Crippen molar-refractivity contribution in [3.8, 4) is 11.3 Å². The fourth-order valence-corrected chi connectivity index (χ4v) is 6.86. The Kier molecular flexibility index (Phi) is 10.1. The third kappa shape index (κ3) is 7.24. The van der Waals surface area contributed by atoms with Crippen molar-refractivity contribution in [1.29, 1.82) is 0 Å². The van der Waals surface area contributed by atoms with Gasteiger partial charge in [-0.25, -0.2) is 4.98 Å². The van der Waals surface area contributed by atoms with Crippen LogP contribution in [0.25, 0.3) is 28.4 Å². The number of carbonyl (C=O) groups excluding carboxylic acids is 1. The van der Waals surface area contributed by atoms with E-state index in [0.29, 0.717) is 40.5 Å². The number of amides is 1. The largest absolute Gasteiger partial charge is 0.516 e. The Morgan fingerprint density at radius 2 is 1.91 bits per heavy atom. The molecule has 0 bridgehead atoms. The summed E-state index contributed by atoms with van der Waals surface area (Å²) in [6, 6.07) is 15.2. The van der Waals surface area contributed by atoms with Gasteiger partial charge in [0.1, 0.15) is 11.4 Å². The number of aromatic nitrogens is 2. The van der Waals surface area contributed by atoms with Gasteiger partial charge in [0, 0.05) is 47.3 Å². The molecule has 0 aliphatic carbocycles. The van der Waals surface area contributed by atoms with Crippen LogP contribution in [0.5, 0.6) is 0 Å². The Labute approximate surface area is 276 Å². The van der Waals surface area contributed by atoms with E-state index in [9.17, 15) is 26.4 Å². The first-order chi connectivity index (χ1) is 21.9. The number of furan rings is 1. The Hall–Kier alpha value is -3.88. The minimum Gasteiger partial charge on any atom is -0.455 e. The fraction of sp³-hybridized carbons (Fsp3) is 0.250. The molecule has 242 valence electrons. The number of sulfonamides is 1. The van der Waals surface area contributed by atoms with Crippen LogP contribution in [0.2, 0.25) is 0 Å². The van der Waals surface area contributed by atoms with E-state index in [4.69, 9.17) is 4.42 Å². The van der Waals surface area contributed by atoms with E-state index in [1.807, 2.05) is 42.6 Å². The Balaban J connectivity index is 1.52. The number of likely N-dealkylation sites (N-methyl/N-ethyl adjacent to an activating group) is 1. The lowest BCUT2D eigenvalue weighted by molar-refractivity contribution is -0.117. The second-order valence-electron chi connectivity index (χ2n) is 10.4. The first kappa shape index (κ1) is 33.5. The van der Waals surface area contributed by atoms with Gasteiger partial charge in [0.15, 0.2) is 5.76 Å². The van der Waals surface area contributed by atoms with Gasteiger partial charge in [-0.05, 0) is 76.6 Å². The lowest BCUT2D eigenvalue weighted by Gasteiger charge is -2.13. The zero-order valence-corrected chi connectivity index (χ0v) is 28.0. The minimum absolute atomic E-state index is 0.135. The smallest absolute Gasteiger partial charge is 0.455 e. The predicted octanol–water partition coefficient (Wildman–Crippen LogP) is 8.14. The minimum atomic E-state index is -5.65. The van der Waals surface area contributed by atoms with E-state index in [1.54, 1.807) is 34.4 Å². The van der Waals surface area contributed by atoms with E-state index in [2.05, 4.69) is 37.7 Å². The highest BCUT2D eigenvalue weighted by Crippen LogP contribution is 2.42. The predicted molar refractivity (Wildman–Crippen MR) is 178 cm³/mol. The van der Waals surface area contributed by atoms with E-state index < -0.39 is 15.5 Å². The zero-order chi connectivity index (χ0) is 33.1. The summed E-state index contributed by atoms with van der Waals surface area (Å²) < 4.78 is 73.3. The molecule has 0 spiro atoms. The maximum Gasteiger partial charge on any atom is 0.516 e. The molecule has 0 aliphatic heterocycles. The number of alkyl halides is 3. The Morgan fingerprint density at radius 1 is 1.13 bits per heavy atom. The summed E-state index contributed by atoms with van der Waals surface area (Å²) in [5, 5.41) is 5.53. The molecule has 46 heavy (non-hydrogen) atoms. The quantitative estimate of drug-likeness (QED) is 0.126. The van der Waals surface area contributed by atoms with Gasteiger partial charge < -0.3 is 14.3 Å². The van der Waals surface area contributed by atoms with Gasteiger partial charge >= 0.3 is 15.5 Å². The van der Waals surface area contributed by atoms with Crippen molar-refractivity contribution in [2.45, 2.75) is 45.2 Å². The molecule has 8 nitrogen and oxygen atoms in total. The fourth-order valence-electron chi connectivity index (χ4n) is 4.94. The van der Waals surface area contributed by atoms with Crippen LogP contribution in [-0.2, 0) is 34.2 Å². The average molecular weight is 736 g/mol. The standard InChI is InChI=1S/C32H30BrF3N4O4S2/c1-3-8-28-38-18-22(16-21(31(41)37-4-2)17-23-9-7-14-45-23)40(28)19-20-12-13-27-25(15-20)29(33)30(44-27)24-10-5-6-11-26(24)39-46(42,43)32(34,35)36/h5-7,9-16,18,39H,3-4,8,17,19H2,1-2H3,(H,37,41)/b21-16+. The number of nitrogens with zero attached hydrogens (tertiary/aromatic N) is 2. The molecule has 0 saturated carbocycles. The summed E-state index contributed by atoms with van der Waals surface area (Å²) in [5.74, 6) is 0.888. The number of hydrogen-bond acceptors (Lipinski definition) is 6. The van der Waals surface area contributed by atoms with Crippen molar-refractivity contribution < 1.29 is 30.8 Å². The molecule has 2 aromatic carbocycles. The number of thiophene rings is 1. The molecule has 5 rings (SSSR count). The number of benzene rings is 2. The summed E-state index contributed by atoms with van der Waals surface area (Å²) >= 11 is 5.12. The number of nitrogens with one attached hydrogen (secondary N) is 2. The number of carbonyl (C=O) groups is 1. The molecular formula is C32H30BrF3N4O4S2. The molecule has 0 fully saturated rings. The lowest BCUT2D eigenvalue weighted by Crippen LogP contribution is -2.30. The first-order valence-electron chi connectivity index (χ1n) is 14.4. The number of rotatable bonds is 12. The summed E-state index contributed by atoms with van der Waals surface area (Å²) in [5.41, 5.74) is -2.89. The molecule has 1 amide bonds. The van der Waals surface area contributed by atoms with Crippen LogP contribution in [0, 0.1) is 0 Å². The molecule has 0 aliphatic rings. The molecule has 2 N–H and O–H groups in total. The molecule has 0 radical (unpaired) electrons. The van der Waals surface area contributed by atoms with Crippen LogP contribution in [0.3, 0.4) is 0 Å². The van der Waals surface area contributed by atoms with Gasteiger partial charge in [-0.3, -0.25) is 9.52 Å². The third-order valence-electron chi connectivity index (χ3n) is 7.09. The second kappa shape index (κ2) is 13.9. The Morgan fingerprint density at radius 3 is 2.61 bits per heavy atom. The summed E-state index contributed by atoms with van der Waals surface area (Å²) in [7, 11) is -5.65. The summed E-state index contributed by atoms with van der Waals surface area (Å²) in [6.07, 6.45) is 5.71. The molecule has 0 saturated heterocycles. The number of anilines is 1. The third-order valence-corrected chi connectivity index (χ3v) is 9.85. The van der Waals surface area contributed by atoms with Gasteiger partial charge in [0.05, 0.1) is 22.1 Å². The van der Waals surface area contributed by atoms with Crippen molar-refractivity contribution in [2.75, 3.05) is 11.3 Å². The van der Waals surface area contributed by atoms with Crippen molar-refractivity contribution in [1.82, 2.24) is 14.9 Å². The van der Waals surface area contributed by atoms with Gasteiger partial charge in [-0.1, -0.05) is 31.2 Å². The van der Waals surface area contributed by atoms with Gasteiger partial charge in [0.2, 0.25) is 5.91 Å². The van der Waals surface area contributed by atoms with Gasteiger partial charge in [-0.15, -0.1) is 11.3 Å². The molecule has 3 aromatic heterocycles. The van der Waals surface area contributed by atoms with Crippen LogP contribution < -0.4 is 10.0 Å². The number of aryl methyl sites for hydroxylation is 1. The van der Waals surface area contributed by atoms with E-state index in [1.165, 1.54) is 18.2 Å². The topological polar surface area (TPSA) is 106 Å². The zero-order valence-electron chi connectivity index (χ0n) is 24.8. The average Bonchev–Trinajstić information content (AvgIpc) is 3.73. The van der Waals surface area contributed by atoms with Gasteiger partial charge in [-0.2, -0.15) is 21.6 Å². The number of hydrogen-bond donors (Lipinski definition) is 2. The van der Waals surface area contributed by atoms with Crippen molar-refractivity contribution in [2.24, 2.45) is 0 Å². The van der Waals surface area contributed by atoms with E-state index >= 15 is 0 Å². The summed E-state index contributed by atoms with van der Waals surface area (Å²) in [6.45, 7) is 4.86. The van der Waals surface area contributed by atoms with Crippen molar-refractivity contribution in [3.63, 3.8) is 0 Å². The highest BCUT2D eigenvalue weighted by atomic mass is 79.9. The second-order valence-corrected chi connectivity index (χ2v) is 13.9. The number of fused-ring (bicyclic) bond motifs is 1. The van der Waals surface area contributed by atoms with Crippen molar-refractivity contribution >= 4 is 65.9 Å². The maximum absolute atomic E-state index is 13.1. The molecule has 3 heterocycles.